The van der Waals surface area contributed by atoms with Crippen molar-refractivity contribution in [1.82, 2.24) is 19.9 Å². The van der Waals surface area contributed by atoms with Crippen molar-refractivity contribution in [3.8, 4) is 33.6 Å². The van der Waals surface area contributed by atoms with Gasteiger partial charge in [-0.1, -0.05) is 61.3 Å². The van der Waals surface area contributed by atoms with Crippen molar-refractivity contribution >= 4 is 53.2 Å². The normalized spacial score (nSPS) is 8.97. The van der Waals surface area contributed by atoms with Crippen LogP contribution < -0.4 is 10.4 Å². The van der Waals surface area contributed by atoms with Crippen LogP contribution in [-0.2, 0) is 42.3 Å². The Balaban J connectivity index is 0.000000566. The summed E-state index contributed by atoms with van der Waals surface area (Å²) in [6.45, 7) is 9.06. The monoisotopic (exact) mass is 598 g/mol. The molecule has 4 rings (SSSR count). The molecule has 6 nitrogen and oxygen atoms in total. The van der Waals surface area contributed by atoms with Crippen molar-refractivity contribution in [2.75, 3.05) is 0 Å². The molecule has 11 heteroatoms. The van der Waals surface area contributed by atoms with E-state index in [2.05, 4.69) is 95.6 Å². The van der Waals surface area contributed by atoms with Gasteiger partial charge in [-0.3, -0.25) is 19.9 Å². The Bertz CT molecular complexity index is 1120. The molecule has 0 fully saturated rings. The molecule has 4 aromatic rings. The van der Waals surface area contributed by atoms with E-state index in [-0.39, 0.29) is 17.1 Å². The second kappa shape index (κ2) is 20.1. The number of aromatic nitrogens is 4. The minimum Gasteiger partial charge on any atom is -0.696 e. The Morgan fingerprint density at radius 3 is 1.11 bits per heavy atom. The quantitative estimate of drug-likeness (QED) is 0.196. The topological polar surface area (TPSA) is 99.1 Å². The van der Waals surface area contributed by atoms with E-state index in [1.54, 1.807) is 12.4 Å². The summed E-state index contributed by atoms with van der Waals surface area (Å²) < 4.78 is 0. The molecule has 0 saturated carbocycles. The third-order valence-corrected chi connectivity index (χ3v) is 7.44. The summed E-state index contributed by atoms with van der Waals surface area (Å²) in [6.07, 6.45) is 7.52. The first-order valence-electron chi connectivity index (χ1n) is 10.8. The van der Waals surface area contributed by atoms with Crippen LogP contribution in [0.5, 0.6) is 0 Å². The van der Waals surface area contributed by atoms with Crippen molar-refractivity contribution in [2.45, 2.75) is 26.2 Å². The number of pyridine rings is 4. The average Bonchev–Trinajstić information content (AvgIpc) is 2.91. The summed E-state index contributed by atoms with van der Waals surface area (Å²) in [4.78, 5) is 17.4. The maximum atomic E-state index is 7.13. The van der Waals surface area contributed by atoms with Crippen molar-refractivity contribution in [2.24, 2.45) is 0 Å². The largest absolute Gasteiger partial charge is 2.00 e. The average molecular weight is 599 g/mol. The maximum absolute atomic E-state index is 7.13. The second-order valence-electron chi connectivity index (χ2n) is 7.48. The van der Waals surface area contributed by atoms with Crippen LogP contribution in [0.25, 0.3) is 22.8 Å². The Kier molecular flexibility index (Phi) is 18.4. The van der Waals surface area contributed by atoms with Crippen molar-refractivity contribution in [1.29, 1.82) is 10.5 Å². The van der Waals surface area contributed by atoms with Gasteiger partial charge >= 0.3 is 17.1 Å². The van der Waals surface area contributed by atoms with E-state index in [0.717, 1.165) is 22.8 Å². The maximum Gasteiger partial charge on any atom is 2.00 e. The van der Waals surface area contributed by atoms with Crippen LogP contribution in [0.1, 0.15) is 0 Å². The molecule has 2 radical (unpaired) electrons. The molecule has 0 aliphatic heterocycles. The van der Waals surface area contributed by atoms with Crippen LogP contribution in [0.15, 0.2) is 85.5 Å². The molecule has 0 aromatic carbocycles. The molecule has 4 aromatic heterocycles. The van der Waals surface area contributed by atoms with Gasteiger partial charge in [0.2, 0.25) is 0 Å². The number of thiocyanates is 2. The standard InChI is InChI=1S/2C12H13N2Si.2CHNS.Fe/c2*1-15(2)10-6-7-12(14-9-10)11-5-3-4-8-13-11;2*2-1-3;/h2*3-9H,1-2H3;2*3H;/q;;;;+2/p-2. The SMILES string of the molecule is C[Si](C)c1ccc(-c2ccccn2)nc1.C[Si](C)c1ccc(-c2ccccn2)nc1.N#C[S-].N#C[S-].[Fe+2]. The molecule has 0 N–H and O–H groups in total. The first-order chi connectivity index (χ1) is 17.4. The fourth-order valence-corrected chi connectivity index (χ4v) is 4.19. The molecule has 0 saturated heterocycles. The van der Waals surface area contributed by atoms with Crippen molar-refractivity contribution in [3.05, 3.63) is 85.5 Å². The third kappa shape index (κ3) is 13.2. The molecule has 0 atom stereocenters. The van der Waals surface area contributed by atoms with Gasteiger partial charge < -0.3 is 25.3 Å². The number of hydrogen-bond acceptors (Lipinski definition) is 8. The molecular weight excluding hydrogens is 572 g/mol. The summed E-state index contributed by atoms with van der Waals surface area (Å²) in [5.74, 6) is 0. The van der Waals surface area contributed by atoms with Gasteiger partial charge in [0.25, 0.3) is 0 Å². The van der Waals surface area contributed by atoms with E-state index in [4.69, 9.17) is 10.5 Å². The van der Waals surface area contributed by atoms with Crippen molar-refractivity contribution < 1.29 is 17.1 Å². The van der Waals surface area contributed by atoms with E-state index in [0.29, 0.717) is 0 Å². The molecule has 0 bridgehead atoms. The van der Waals surface area contributed by atoms with Gasteiger partial charge in [-0.2, -0.15) is 0 Å². The van der Waals surface area contributed by atoms with Gasteiger partial charge in [0.15, 0.2) is 0 Å². The molecule has 0 unspecified atom stereocenters. The molecule has 0 aliphatic carbocycles. The Hall–Kier alpha value is -3.03. The molecule has 37 heavy (non-hydrogen) atoms. The van der Waals surface area contributed by atoms with E-state index < -0.39 is 17.6 Å². The summed E-state index contributed by atoms with van der Waals surface area (Å²) in [5.41, 5.74) is 3.76. The first-order valence-corrected chi connectivity index (χ1v) is 16.6. The van der Waals surface area contributed by atoms with Gasteiger partial charge in [-0.25, -0.2) is 10.5 Å². The van der Waals surface area contributed by atoms with Crippen LogP contribution in [0.2, 0.25) is 26.2 Å². The molecule has 4 heterocycles. The van der Waals surface area contributed by atoms with Gasteiger partial charge in [-0.15, -0.1) is 0 Å². The predicted octanol–water partition coefficient (Wildman–Crippen LogP) is 4.24. The smallest absolute Gasteiger partial charge is 0.696 e. The zero-order valence-corrected chi connectivity index (χ0v) is 25.7. The number of nitrogens with zero attached hydrogens (tertiary/aromatic N) is 6. The zero-order chi connectivity index (χ0) is 26.8. The Morgan fingerprint density at radius 2 is 0.892 bits per heavy atom. The van der Waals surface area contributed by atoms with Crippen LogP contribution in [0, 0.1) is 21.3 Å². The van der Waals surface area contributed by atoms with Gasteiger partial charge in [0.05, 0.1) is 40.4 Å². The zero-order valence-electron chi connectivity index (χ0n) is 20.9. The molecular formula is C26H26FeN6S2Si2. The van der Waals surface area contributed by atoms with Crippen LogP contribution in [-0.4, -0.2) is 37.5 Å². The van der Waals surface area contributed by atoms with Gasteiger partial charge in [0, 0.05) is 24.8 Å². The predicted molar refractivity (Wildman–Crippen MR) is 155 cm³/mol. The van der Waals surface area contributed by atoms with Crippen LogP contribution in [0.3, 0.4) is 0 Å². The first kappa shape index (κ1) is 34.0. The summed E-state index contributed by atoms with van der Waals surface area (Å²) in [6, 6.07) is 20.2. The van der Waals surface area contributed by atoms with Crippen LogP contribution in [0.4, 0.5) is 0 Å². The fourth-order valence-electron chi connectivity index (χ4n) is 2.71. The van der Waals surface area contributed by atoms with Crippen molar-refractivity contribution in [3.63, 3.8) is 0 Å². The minimum absolute atomic E-state index is 0. The Labute approximate surface area is 244 Å². The molecule has 0 aliphatic rings. The molecule has 188 valence electrons. The van der Waals surface area contributed by atoms with Gasteiger partial charge in [0.1, 0.15) is 0 Å². The summed E-state index contributed by atoms with van der Waals surface area (Å²) in [7, 11) is -0.786. The fraction of sp³-hybridized carbons (Fsp3) is 0.154. The molecule has 0 amide bonds. The van der Waals surface area contributed by atoms with Gasteiger partial charge in [-0.05, 0) is 46.8 Å². The minimum atomic E-state index is -0.393. The summed E-state index contributed by atoms with van der Waals surface area (Å²) in [5, 5.41) is 19.7. The second-order valence-corrected chi connectivity index (χ2v) is 13.0. The number of hydrogen-bond donors (Lipinski definition) is 0. The molecule has 0 spiro atoms. The van der Waals surface area contributed by atoms with E-state index in [9.17, 15) is 0 Å². The van der Waals surface area contributed by atoms with E-state index in [1.807, 2.05) is 48.8 Å². The Morgan fingerprint density at radius 1 is 0.568 bits per heavy atom. The van der Waals surface area contributed by atoms with E-state index >= 15 is 0 Å². The summed E-state index contributed by atoms with van der Waals surface area (Å²) >= 11 is 7.40. The third-order valence-electron chi connectivity index (χ3n) is 4.54. The van der Waals surface area contributed by atoms with Crippen LogP contribution >= 0.6 is 0 Å². The number of rotatable bonds is 4. The van der Waals surface area contributed by atoms with E-state index in [1.165, 1.54) is 21.2 Å². The number of nitriles is 2.